The Morgan fingerprint density at radius 2 is 1.86 bits per heavy atom. The quantitative estimate of drug-likeness (QED) is 0.892. The Morgan fingerprint density at radius 1 is 1.05 bits per heavy atom. The van der Waals surface area contributed by atoms with Gasteiger partial charge in [0, 0.05) is 6.04 Å². The Morgan fingerprint density at radius 3 is 2.57 bits per heavy atom. The summed E-state index contributed by atoms with van der Waals surface area (Å²) in [6.45, 7) is 1.75. The third kappa shape index (κ3) is 4.20. The van der Waals surface area contributed by atoms with E-state index in [1.54, 1.807) is 0 Å². The third-order valence-corrected chi connectivity index (χ3v) is 3.75. The molecule has 1 fully saturated rings. The van der Waals surface area contributed by atoms with E-state index >= 15 is 0 Å². The maximum Gasteiger partial charge on any atom is 0.119 e. The van der Waals surface area contributed by atoms with Crippen LogP contribution in [0, 0.1) is 0 Å². The molecule has 1 N–H and O–H groups in total. The smallest absolute Gasteiger partial charge is 0.119 e. The van der Waals surface area contributed by atoms with Crippen LogP contribution in [0.3, 0.4) is 0 Å². The fourth-order valence-electron chi connectivity index (χ4n) is 2.52. The van der Waals surface area contributed by atoms with Crippen LogP contribution in [0.2, 0.25) is 0 Å². The largest absolute Gasteiger partial charge is 0.489 e. The summed E-state index contributed by atoms with van der Waals surface area (Å²) in [5, 5.41) is 3.47. The predicted octanol–water partition coefficient (Wildman–Crippen LogP) is 4.03. The minimum absolute atomic E-state index is 0.541. The van der Waals surface area contributed by atoms with Crippen molar-refractivity contribution in [3.8, 4) is 5.75 Å². The molecule has 1 atom stereocenters. The zero-order valence-electron chi connectivity index (χ0n) is 12.2. The van der Waals surface area contributed by atoms with Crippen LogP contribution in [0.5, 0.6) is 5.75 Å². The van der Waals surface area contributed by atoms with Gasteiger partial charge in [0.15, 0.2) is 0 Å². The van der Waals surface area contributed by atoms with Gasteiger partial charge in [-0.3, -0.25) is 0 Å². The molecular formula is C19H21NO. The SMILES string of the molecule is C(=C\C1CCCN1)/c1ccc(OCc2ccccc2)cc1. The van der Waals surface area contributed by atoms with Crippen molar-refractivity contribution in [3.05, 3.63) is 71.8 Å². The van der Waals surface area contributed by atoms with Crippen LogP contribution in [0.25, 0.3) is 6.08 Å². The second kappa shape index (κ2) is 7.09. The first-order valence-corrected chi connectivity index (χ1v) is 7.58. The molecule has 21 heavy (non-hydrogen) atoms. The van der Waals surface area contributed by atoms with Crippen molar-refractivity contribution in [2.24, 2.45) is 0 Å². The van der Waals surface area contributed by atoms with Crippen LogP contribution in [-0.2, 0) is 6.61 Å². The van der Waals surface area contributed by atoms with Crippen molar-refractivity contribution in [2.45, 2.75) is 25.5 Å². The van der Waals surface area contributed by atoms with Gasteiger partial charge in [-0.05, 0) is 42.6 Å². The number of hydrogen-bond donors (Lipinski definition) is 1. The van der Waals surface area contributed by atoms with E-state index in [0.29, 0.717) is 12.6 Å². The van der Waals surface area contributed by atoms with E-state index in [1.165, 1.54) is 24.0 Å². The molecule has 2 nitrogen and oxygen atoms in total. The van der Waals surface area contributed by atoms with Crippen molar-refractivity contribution in [2.75, 3.05) is 6.54 Å². The molecule has 2 heteroatoms. The van der Waals surface area contributed by atoms with Gasteiger partial charge in [0.05, 0.1) is 0 Å². The highest BCUT2D eigenvalue weighted by atomic mass is 16.5. The Kier molecular flexibility index (Phi) is 4.70. The number of hydrogen-bond acceptors (Lipinski definition) is 2. The third-order valence-electron chi connectivity index (χ3n) is 3.75. The van der Waals surface area contributed by atoms with Gasteiger partial charge in [-0.1, -0.05) is 54.6 Å². The monoisotopic (exact) mass is 279 g/mol. The average molecular weight is 279 g/mol. The van der Waals surface area contributed by atoms with Crippen LogP contribution in [-0.4, -0.2) is 12.6 Å². The lowest BCUT2D eigenvalue weighted by molar-refractivity contribution is 0.306. The van der Waals surface area contributed by atoms with E-state index in [9.17, 15) is 0 Å². The predicted molar refractivity (Wildman–Crippen MR) is 87.3 cm³/mol. The first-order chi connectivity index (χ1) is 10.4. The van der Waals surface area contributed by atoms with Gasteiger partial charge in [0.2, 0.25) is 0 Å². The summed E-state index contributed by atoms with van der Waals surface area (Å²) >= 11 is 0. The van der Waals surface area contributed by atoms with E-state index in [2.05, 4.69) is 41.7 Å². The minimum Gasteiger partial charge on any atom is -0.489 e. The lowest BCUT2D eigenvalue weighted by Gasteiger charge is -2.07. The fraction of sp³-hybridized carbons (Fsp3) is 0.263. The summed E-state index contributed by atoms with van der Waals surface area (Å²) in [5.41, 5.74) is 2.41. The van der Waals surface area contributed by atoms with Crippen molar-refractivity contribution in [1.29, 1.82) is 0 Å². The molecule has 1 aliphatic heterocycles. The molecule has 1 saturated heterocycles. The van der Waals surface area contributed by atoms with Crippen molar-refractivity contribution >= 4 is 6.08 Å². The van der Waals surface area contributed by atoms with E-state index in [0.717, 1.165) is 12.3 Å². The van der Waals surface area contributed by atoms with Gasteiger partial charge >= 0.3 is 0 Å². The van der Waals surface area contributed by atoms with Gasteiger partial charge in [0.1, 0.15) is 12.4 Å². The molecule has 0 aromatic heterocycles. The highest BCUT2D eigenvalue weighted by Crippen LogP contribution is 2.16. The van der Waals surface area contributed by atoms with Crippen molar-refractivity contribution in [3.63, 3.8) is 0 Å². The van der Waals surface area contributed by atoms with Gasteiger partial charge in [-0.15, -0.1) is 0 Å². The lowest BCUT2D eigenvalue weighted by Crippen LogP contribution is -2.17. The van der Waals surface area contributed by atoms with E-state index in [4.69, 9.17) is 4.74 Å². The number of nitrogens with one attached hydrogen (secondary N) is 1. The molecule has 3 rings (SSSR count). The molecule has 108 valence electrons. The molecule has 0 amide bonds. The molecule has 0 bridgehead atoms. The normalized spacial score (nSPS) is 18.2. The summed E-state index contributed by atoms with van der Waals surface area (Å²) in [6, 6.07) is 19.0. The van der Waals surface area contributed by atoms with E-state index < -0.39 is 0 Å². The zero-order chi connectivity index (χ0) is 14.3. The highest BCUT2D eigenvalue weighted by molar-refractivity contribution is 5.51. The van der Waals surface area contributed by atoms with E-state index in [-0.39, 0.29) is 0 Å². The standard InChI is InChI=1S/C19H21NO/c1-2-5-17(6-3-1)15-21-19-12-9-16(10-13-19)8-11-18-7-4-14-20-18/h1-3,5-6,8-13,18,20H,4,7,14-15H2/b11-8+. The van der Waals surface area contributed by atoms with Crippen LogP contribution in [0.4, 0.5) is 0 Å². The number of rotatable bonds is 5. The second-order valence-electron chi connectivity index (χ2n) is 5.41. The highest BCUT2D eigenvalue weighted by Gasteiger charge is 2.09. The molecule has 0 saturated carbocycles. The summed E-state index contributed by atoms with van der Waals surface area (Å²) in [7, 11) is 0. The molecule has 2 aromatic carbocycles. The Bertz CT molecular complexity index is 568. The lowest BCUT2D eigenvalue weighted by atomic mass is 10.1. The maximum absolute atomic E-state index is 5.79. The van der Waals surface area contributed by atoms with Crippen LogP contribution >= 0.6 is 0 Å². The van der Waals surface area contributed by atoms with Crippen LogP contribution in [0.15, 0.2) is 60.7 Å². The fourth-order valence-corrected chi connectivity index (χ4v) is 2.52. The molecule has 1 heterocycles. The van der Waals surface area contributed by atoms with Crippen LogP contribution in [0.1, 0.15) is 24.0 Å². The molecule has 1 unspecified atom stereocenters. The zero-order valence-corrected chi connectivity index (χ0v) is 12.2. The average Bonchev–Trinajstić information content (AvgIpc) is 3.06. The molecule has 0 aliphatic carbocycles. The molecule has 0 radical (unpaired) electrons. The van der Waals surface area contributed by atoms with Gasteiger partial charge in [0.25, 0.3) is 0 Å². The Balaban J connectivity index is 1.54. The first-order valence-electron chi connectivity index (χ1n) is 7.58. The topological polar surface area (TPSA) is 21.3 Å². The number of benzene rings is 2. The molecule has 1 aliphatic rings. The van der Waals surface area contributed by atoms with Crippen LogP contribution < -0.4 is 10.1 Å². The summed E-state index contributed by atoms with van der Waals surface area (Å²) < 4.78 is 5.79. The Labute approximate surface area is 126 Å². The molecule has 0 spiro atoms. The van der Waals surface area contributed by atoms with Crippen molar-refractivity contribution in [1.82, 2.24) is 5.32 Å². The Hall–Kier alpha value is -2.06. The first kappa shape index (κ1) is 13.9. The summed E-state index contributed by atoms with van der Waals surface area (Å²) in [4.78, 5) is 0. The minimum atomic E-state index is 0.541. The summed E-state index contributed by atoms with van der Waals surface area (Å²) in [6.07, 6.45) is 6.97. The van der Waals surface area contributed by atoms with Gasteiger partial charge in [-0.2, -0.15) is 0 Å². The van der Waals surface area contributed by atoms with E-state index in [1.807, 2.05) is 30.3 Å². The van der Waals surface area contributed by atoms with Crippen molar-refractivity contribution < 1.29 is 4.74 Å². The maximum atomic E-state index is 5.79. The molecular weight excluding hydrogens is 258 g/mol. The second-order valence-corrected chi connectivity index (χ2v) is 5.41. The molecule has 2 aromatic rings. The van der Waals surface area contributed by atoms with Gasteiger partial charge < -0.3 is 10.1 Å². The van der Waals surface area contributed by atoms with Gasteiger partial charge in [-0.25, -0.2) is 0 Å². The summed E-state index contributed by atoms with van der Waals surface area (Å²) in [5.74, 6) is 0.912. The number of ether oxygens (including phenoxy) is 1.